The van der Waals surface area contributed by atoms with Crippen molar-refractivity contribution in [1.82, 2.24) is 5.32 Å². The van der Waals surface area contributed by atoms with E-state index < -0.39 is 5.97 Å². The van der Waals surface area contributed by atoms with E-state index >= 15 is 0 Å². The van der Waals surface area contributed by atoms with Crippen LogP contribution in [0.5, 0.6) is 5.75 Å². The second-order valence-electron chi connectivity index (χ2n) is 5.12. The van der Waals surface area contributed by atoms with E-state index in [0.717, 1.165) is 6.54 Å². The molecule has 2 N–H and O–H groups in total. The first kappa shape index (κ1) is 15.3. The van der Waals surface area contributed by atoms with Gasteiger partial charge in [0.15, 0.2) is 6.61 Å². The van der Waals surface area contributed by atoms with Crippen LogP contribution in [0.25, 0.3) is 0 Å². The summed E-state index contributed by atoms with van der Waals surface area (Å²) in [6.45, 7) is 3.52. The quantitative estimate of drug-likeness (QED) is 0.793. The molecule has 2 rings (SSSR count). The van der Waals surface area contributed by atoms with Gasteiger partial charge in [-0.2, -0.15) is 0 Å². The number of esters is 1. The van der Waals surface area contributed by atoms with Gasteiger partial charge in [0, 0.05) is 12.2 Å². The minimum absolute atomic E-state index is 0.000232. The summed E-state index contributed by atoms with van der Waals surface area (Å²) in [5, 5.41) is 6.10. The average Bonchev–Trinajstić information content (AvgIpc) is 2.92. The molecule has 1 aliphatic heterocycles. The molecule has 6 nitrogen and oxygen atoms in total. The van der Waals surface area contributed by atoms with Crippen molar-refractivity contribution in [2.24, 2.45) is 11.8 Å². The topological polar surface area (TPSA) is 76.7 Å². The SMILES string of the molecule is COC(=O)COc1ccc(NC(=O)C2CNCC2C)cc1. The smallest absolute Gasteiger partial charge is 0.343 e. The summed E-state index contributed by atoms with van der Waals surface area (Å²) in [4.78, 5) is 23.1. The molecule has 1 saturated heterocycles. The number of ether oxygens (including phenoxy) is 2. The van der Waals surface area contributed by atoms with Crippen LogP contribution in [0.4, 0.5) is 5.69 Å². The van der Waals surface area contributed by atoms with Crippen LogP contribution < -0.4 is 15.4 Å². The monoisotopic (exact) mass is 292 g/mol. The number of methoxy groups -OCH3 is 1. The number of rotatable bonds is 5. The number of hydrogen-bond acceptors (Lipinski definition) is 5. The molecule has 2 atom stereocenters. The summed E-state index contributed by atoms with van der Waals surface area (Å²) >= 11 is 0. The number of benzene rings is 1. The second-order valence-corrected chi connectivity index (χ2v) is 5.12. The van der Waals surface area contributed by atoms with Gasteiger partial charge in [0.2, 0.25) is 5.91 Å². The molecule has 1 aromatic carbocycles. The molecule has 114 valence electrons. The van der Waals surface area contributed by atoms with Crippen molar-refractivity contribution in [2.75, 3.05) is 32.1 Å². The van der Waals surface area contributed by atoms with Gasteiger partial charge in [0.25, 0.3) is 0 Å². The van der Waals surface area contributed by atoms with Crippen molar-refractivity contribution >= 4 is 17.6 Å². The van der Waals surface area contributed by atoms with Crippen LogP contribution >= 0.6 is 0 Å². The van der Waals surface area contributed by atoms with Gasteiger partial charge in [0.05, 0.1) is 13.0 Å². The van der Waals surface area contributed by atoms with Crippen molar-refractivity contribution in [1.29, 1.82) is 0 Å². The number of amides is 1. The molecule has 21 heavy (non-hydrogen) atoms. The van der Waals surface area contributed by atoms with Crippen molar-refractivity contribution in [3.8, 4) is 5.75 Å². The summed E-state index contributed by atoms with van der Waals surface area (Å²) in [5.41, 5.74) is 0.713. The molecule has 1 aliphatic rings. The van der Waals surface area contributed by atoms with Gasteiger partial charge in [-0.1, -0.05) is 6.92 Å². The molecular weight excluding hydrogens is 272 g/mol. The summed E-state index contributed by atoms with van der Waals surface area (Å²) in [7, 11) is 1.31. The van der Waals surface area contributed by atoms with E-state index in [1.807, 2.05) is 0 Å². The summed E-state index contributed by atoms with van der Waals surface area (Å²) < 4.78 is 9.73. The largest absolute Gasteiger partial charge is 0.482 e. The highest BCUT2D eigenvalue weighted by atomic mass is 16.6. The fourth-order valence-electron chi connectivity index (χ4n) is 2.23. The minimum atomic E-state index is -0.435. The molecule has 6 heteroatoms. The van der Waals surface area contributed by atoms with Crippen LogP contribution in [0.1, 0.15) is 6.92 Å². The first-order valence-electron chi connectivity index (χ1n) is 6.91. The fourth-order valence-corrected chi connectivity index (χ4v) is 2.23. The van der Waals surface area contributed by atoms with Crippen LogP contribution in [0.3, 0.4) is 0 Å². The van der Waals surface area contributed by atoms with Gasteiger partial charge >= 0.3 is 5.97 Å². The molecule has 1 aromatic rings. The van der Waals surface area contributed by atoms with Gasteiger partial charge in [-0.15, -0.1) is 0 Å². The Morgan fingerprint density at radius 3 is 2.57 bits per heavy atom. The third kappa shape index (κ3) is 4.19. The van der Waals surface area contributed by atoms with Gasteiger partial charge in [-0.3, -0.25) is 4.79 Å². The average molecular weight is 292 g/mol. The molecule has 1 amide bonds. The first-order valence-corrected chi connectivity index (χ1v) is 6.91. The third-order valence-corrected chi connectivity index (χ3v) is 3.56. The van der Waals surface area contributed by atoms with E-state index in [-0.39, 0.29) is 18.4 Å². The molecule has 0 aliphatic carbocycles. The van der Waals surface area contributed by atoms with E-state index in [1.54, 1.807) is 24.3 Å². The molecule has 1 fully saturated rings. The van der Waals surface area contributed by atoms with Crippen molar-refractivity contribution in [2.45, 2.75) is 6.92 Å². The van der Waals surface area contributed by atoms with E-state index in [4.69, 9.17) is 4.74 Å². The lowest BCUT2D eigenvalue weighted by atomic mass is 9.97. The summed E-state index contributed by atoms with van der Waals surface area (Å²) in [6, 6.07) is 6.90. The summed E-state index contributed by atoms with van der Waals surface area (Å²) in [5.74, 6) is 0.480. The highest BCUT2D eigenvalue weighted by Gasteiger charge is 2.29. The lowest BCUT2D eigenvalue weighted by Crippen LogP contribution is -2.27. The molecule has 0 saturated carbocycles. The number of hydrogen-bond donors (Lipinski definition) is 2. The third-order valence-electron chi connectivity index (χ3n) is 3.56. The summed E-state index contributed by atoms with van der Waals surface area (Å²) in [6.07, 6.45) is 0. The maximum absolute atomic E-state index is 12.1. The lowest BCUT2D eigenvalue weighted by molar-refractivity contribution is -0.142. The fraction of sp³-hybridized carbons (Fsp3) is 0.467. The standard InChI is InChI=1S/C15H20N2O4/c1-10-7-16-8-13(10)15(19)17-11-3-5-12(6-4-11)21-9-14(18)20-2/h3-6,10,13,16H,7-9H2,1-2H3,(H,17,19). The maximum atomic E-state index is 12.1. The van der Waals surface area contributed by atoms with E-state index in [9.17, 15) is 9.59 Å². The number of anilines is 1. The Hall–Kier alpha value is -2.08. The Kier molecular flexibility index (Phi) is 5.16. The van der Waals surface area contributed by atoms with Gasteiger partial charge in [-0.25, -0.2) is 4.79 Å². The zero-order chi connectivity index (χ0) is 15.2. The van der Waals surface area contributed by atoms with Crippen LogP contribution in [-0.2, 0) is 14.3 Å². The molecular formula is C15H20N2O4. The van der Waals surface area contributed by atoms with Crippen molar-refractivity contribution < 1.29 is 19.1 Å². The Labute approximate surface area is 123 Å². The van der Waals surface area contributed by atoms with E-state index in [0.29, 0.717) is 23.9 Å². The normalized spacial score (nSPS) is 20.9. The minimum Gasteiger partial charge on any atom is -0.482 e. The van der Waals surface area contributed by atoms with Crippen molar-refractivity contribution in [3.05, 3.63) is 24.3 Å². The predicted molar refractivity (Wildman–Crippen MR) is 78.1 cm³/mol. The molecule has 0 radical (unpaired) electrons. The molecule has 0 aromatic heterocycles. The molecule has 1 heterocycles. The number of nitrogens with one attached hydrogen (secondary N) is 2. The predicted octanol–water partition coefficient (Wildman–Crippen LogP) is 1.03. The van der Waals surface area contributed by atoms with Gasteiger partial charge in [-0.05, 0) is 36.7 Å². The number of carbonyl (C=O) groups excluding carboxylic acids is 2. The van der Waals surface area contributed by atoms with Crippen LogP contribution in [0.2, 0.25) is 0 Å². The molecule has 2 unspecified atom stereocenters. The van der Waals surface area contributed by atoms with E-state index in [1.165, 1.54) is 7.11 Å². The Morgan fingerprint density at radius 1 is 1.29 bits per heavy atom. The van der Waals surface area contributed by atoms with Gasteiger partial charge < -0.3 is 20.1 Å². The van der Waals surface area contributed by atoms with Gasteiger partial charge in [0.1, 0.15) is 5.75 Å². The highest BCUT2D eigenvalue weighted by Crippen LogP contribution is 2.20. The second kappa shape index (κ2) is 7.08. The first-order chi connectivity index (χ1) is 10.1. The zero-order valence-electron chi connectivity index (χ0n) is 12.2. The van der Waals surface area contributed by atoms with Crippen LogP contribution in [-0.4, -0.2) is 38.7 Å². The molecule has 0 bridgehead atoms. The Balaban J connectivity index is 1.87. The van der Waals surface area contributed by atoms with Crippen LogP contribution in [0.15, 0.2) is 24.3 Å². The lowest BCUT2D eigenvalue weighted by Gasteiger charge is -2.14. The van der Waals surface area contributed by atoms with E-state index in [2.05, 4.69) is 22.3 Å². The Bertz CT molecular complexity index is 501. The maximum Gasteiger partial charge on any atom is 0.343 e. The molecule has 0 spiro atoms. The van der Waals surface area contributed by atoms with Crippen LogP contribution in [0, 0.1) is 11.8 Å². The number of carbonyl (C=O) groups is 2. The Morgan fingerprint density at radius 2 is 2.00 bits per heavy atom. The zero-order valence-corrected chi connectivity index (χ0v) is 12.2. The van der Waals surface area contributed by atoms with Crippen molar-refractivity contribution in [3.63, 3.8) is 0 Å². The highest BCUT2D eigenvalue weighted by molar-refractivity contribution is 5.93.